The molecule has 13 heavy (non-hydrogen) atoms. The van der Waals surface area contributed by atoms with Gasteiger partial charge < -0.3 is 5.32 Å². The molecule has 1 aromatic rings. The van der Waals surface area contributed by atoms with Gasteiger partial charge in [-0.2, -0.15) is 5.26 Å². The smallest absolute Gasteiger partial charge is 0.0843 e. The Bertz CT molecular complexity index is 274. The molecule has 1 aromatic carbocycles. The average Bonchev–Trinajstić information content (AvgIpc) is 2.16. The number of hydrogen-bond donors (Lipinski definition) is 1. The van der Waals surface area contributed by atoms with E-state index in [1.807, 2.05) is 18.2 Å². The zero-order valence-corrected chi connectivity index (χ0v) is 7.83. The van der Waals surface area contributed by atoms with Crippen molar-refractivity contribution in [3.63, 3.8) is 0 Å². The minimum Gasteiger partial charge on any atom is -0.302 e. The van der Waals surface area contributed by atoms with Crippen molar-refractivity contribution in [3.8, 4) is 6.07 Å². The summed E-state index contributed by atoms with van der Waals surface area (Å²) in [5.74, 6) is 0. The van der Waals surface area contributed by atoms with Crippen molar-refractivity contribution in [1.82, 2.24) is 5.32 Å². The first-order chi connectivity index (χ1) is 6.33. The highest BCUT2D eigenvalue weighted by Gasteiger charge is 2.00. The van der Waals surface area contributed by atoms with Crippen molar-refractivity contribution in [3.05, 3.63) is 35.9 Å². The van der Waals surface area contributed by atoms with Gasteiger partial charge in [0.05, 0.1) is 12.6 Å². The third-order valence-electron chi connectivity index (χ3n) is 1.91. The molecule has 0 aliphatic carbocycles. The van der Waals surface area contributed by atoms with Gasteiger partial charge in [0.25, 0.3) is 0 Å². The summed E-state index contributed by atoms with van der Waals surface area (Å²) in [6.45, 7) is 2.51. The van der Waals surface area contributed by atoms with Crippen LogP contribution in [-0.4, -0.2) is 12.6 Å². The fraction of sp³-hybridized carbons (Fsp3) is 0.364. The first-order valence-corrected chi connectivity index (χ1v) is 4.47. The van der Waals surface area contributed by atoms with Crippen molar-refractivity contribution < 1.29 is 0 Å². The Balaban J connectivity index is 2.37. The maximum absolute atomic E-state index is 8.37. The Morgan fingerprint density at radius 3 is 2.69 bits per heavy atom. The molecule has 1 N–H and O–H groups in total. The number of rotatable bonds is 4. The highest BCUT2D eigenvalue weighted by atomic mass is 14.9. The van der Waals surface area contributed by atoms with Crippen LogP contribution in [0.1, 0.15) is 12.5 Å². The summed E-state index contributed by atoms with van der Waals surface area (Å²) < 4.78 is 0. The maximum Gasteiger partial charge on any atom is 0.0843 e. The topological polar surface area (TPSA) is 35.8 Å². The SMILES string of the molecule is CC(Cc1ccccc1)NCC#N. The molecule has 0 aliphatic heterocycles. The van der Waals surface area contributed by atoms with Crippen LogP contribution in [0.3, 0.4) is 0 Å². The molecule has 2 heteroatoms. The molecular formula is C11H14N2. The summed E-state index contributed by atoms with van der Waals surface area (Å²) in [4.78, 5) is 0. The molecule has 0 aliphatic rings. The predicted molar refractivity (Wildman–Crippen MR) is 53.2 cm³/mol. The van der Waals surface area contributed by atoms with Gasteiger partial charge in [-0.3, -0.25) is 0 Å². The summed E-state index contributed by atoms with van der Waals surface area (Å²) in [5.41, 5.74) is 1.31. The van der Waals surface area contributed by atoms with Crippen LogP contribution in [-0.2, 0) is 6.42 Å². The highest BCUT2D eigenvalue weighted by Crippen LogP contribution is 2.01. The first kappa shape index (κ1) is 9.76. The van der Waals surface area contributed by atoms with Crippen LogP contribution in [0.4, 0.5) is 0 Å². The van der Waals surface area contributed by atoms with Crippen LogP contribution in [0.5, 0.6) is 0 Å². The van der Waals surface area contributed by atoms with Crippen molar-refractivity contribution in [2.75, 3.05) is 6.54 Å². The summed E-state index contributed by atoms with van der Waals surface area (Å²) in [7, 11) is 0. The van der Waals surface area contributed by atoms with Gasteiger partial charge in [-0.15, -0.1) is 0 Å². The lowest BCUT2D eigenvalue weighted by atomic mass is 10.1. The molecule has 68 valence electrons. The number of nitriles is 1. The van der Waals surface area contributed by atoms with E-state index in [2.05, 4.69) is 30.4 Å². The van der Waals surface area contributed by atoms with Crippen LogP contribution >= 0.6 is 0 Å². The molecule has 0 heterocycles. The Kier molecular flexibility index (Phi) is 4.01. The molecule has 0 amide bonds. The van der Waals surface area contributed by atoms with Crippen LogP contribution < -0.4 is 5.32 Å². The van der Waals surface area contributed by atoms with E-state index in [4.69, 9.17) is 5.26 Å². The van der Waals surface area contributed by atoms with E-state index >= 15 is 0 Å². The van der Waals surface area contributed by atoms with Gasteiger partial charge in [-0.05, 0) is 18.9 Å². The van der Waals surface area contributed by atoms with Crippen LogP contribution in [0.2, 0.25) is 0 Å². The molecule has 2 nitrogen and oxygen atoms in total. The van der Waals surface area contributed by atoms with E-state index in [0.717, 1.165) is 6.42 Å². The third kappa shape index (κ3) is 3.73. The second-order valence-corrected chi connectivity index (χ2v) is 3.13. The molecule has 0 saturated heterocycles. The fourth-order valence-electron chi connectivity index (χ4n) is 1.26. The van der Waals surface area contributed by atoms with E-state index in [0.29, 0.717) is 12.6 Å². The Morgan fingerprint density at radius 1 is 1.38 bits per heavy atom. The Morgan fingerprint density at radius 2 is 2.08 bits per heavy atom. The number of hydrogen-bond acceptors (Lipinski definition) is 2. The molecule has 0 fully saturated rings. The molecule has 1 atom stereocenters. The van der Waals surface area contributed by atoms with Crippen molar-refractivity contribution >= 4 is 0 Å². The lowest BCUT2D eigenvalue weighted by molar-refractivity contribution is 0.583. The van der Waals surface area contributed by atoms with Crippen LogP contribution in [0, 0.1) is 11.3 Å². The van der Waals surface area contributed by atoms with E-state index in [1.54, 1.807) is 0 Å². The van der Waals surface area contributed by atoms with Gasteiger partial charge in [0, 0.05) is 6.04 Å². The van der Waals surface area contributed by atoms with Gasteiger partial charge in [0.15, 0.2) is 0 Å². The van der Waals surface area contributed by atoms with E-state index < -0.39 is 0 Å². The van der Waals surface area contributed by atoms with E-state index in [-0.39, 0.29) is 0 Å². The molecule has 0 aromatic heterocycles. The van der Waals surface area contributed by atoms with E-state index in [9.17, 15) is 0 Å². The van der Waals surface area contributed by atoms with Gasteiger partial charge >= 0.3 is 0 Å². The number of nitrogens with one attached hydrogen (secondary N) is 1. The van der Waals surface area contributed by atoms with Gasteiger partial charge in [0.1, 0.15) is 0 Å². The van der Waals surface area contributed by atoms with Crippen molar-refractivity contribution in [2.45, 2.75) is 19.4 Å². The normalized spacial score (nSPS) is 12.0. The van der Waals surface area contributed by atoms with Crippen molar-refractivity contribution in [2.24, 2.45) is 0 Å². The zero-order chi connectivity index (χ0) is 9.52. The largest absolute Gasteiger partial charge is 0.302 e. The maximum atomic E-state index is 8.37. The molecular weight excluding hydrogens is 160 g/mol. The monoisotopic (exact) mass is 174 g/mol. The van der Waals surface area contributed by atoms with E-state index in [1.165, 1.54) is 5.56 Å². The van der Waals surface area contributed by atoms with Gasteiger partial charge in [-0.25, -0.2) is 0 Å². The minimum absolute atomic E-state index is 0.363. The third-order valence-corrected chi connectivity index (χ3v) is 1.91. The lowest BCUT2D eigenvalue weighted by Crippen LogP contribution is -2.28. The second kappa shape index (κ2) is 5.34. The first-order valence-electron chi connectivity index (χ1n) is 4.47. The van der Waals surface area contributed by atoms with Gasteiger partial charge in [-0.1, -0.05) is 30.3 Å². The van der Waals surface area contributed by atoms with Crippen LogP contribution in [0.25, 0.3) is 0 Å². The number of benzene rings is 1. The predicted octanol–water partition coefficient (Wildman–Crippen LogP) is 1.73. The summed E-state index contributed by atoms with van der Waals surface area (Å²) in [6, 6.07) is 12.7. The fourth-order valence-corrected chi connectivity index (χ4v) is 1.26. The highest BCUT2D eigenvalue weighted by molar-refractivity contribution is 5.15. The molecule has 0 radical (unpaired) electrons. The summed E-state index contributed by atoms with van der Waals surface area (Å²) in [5, 5.41) is 11.5. The standard InChI is InChI=1S/C11H14N2/c1-10(13-8-7-12)9-11-5-3-2-4-6-11/h2-6,10,13H,8-9H2,1H3. The summed E-state index contributed by atoms with van der Waals surface area (Å²) >= 11 is 0. The molecule has 0 spiro atoms. The number of nitrogens with zero attached hydrogens (tertiary/aromatic N) is 1. The quantitative estimate of drug-likeness (QED) is 0.706. The lowest BCUT2D eigenvalue weighted by Gasteiger charge is -2.10. The van der Waals surface area contributed by atoms with Crippen molar-refractivity contribution in [1.29, 1.82) is 5.26 Å². The molecule has 0 bridgehead atoms. The minimum atomic E-state index is 0.363. The average molecular weight is 174 g/mol. The molecule has 1 rings (SSSR count). The van der Waals surface area contributed by atoms with Gasteiger partial charge in [0.2, 0.25) is 0 Å². The van der Waals surface area contributed by atoms with Crippen LogP contribution in [0.15, 0.2) is 30.3 Å². The molecule has 1 unspecified atom stereocenters. The zero-order valence-electron chi connectivity index (χ0n) is 7.83. The Labute approximate surface area is 79.2 Å². The summed E-state index contributed by atoms with van der Waals surface area (Å²) in [6.07, 6.45) is 0.975. The Hall–Kier alpha value is -1.33. The second-order valence-electron chi connectivity index (χ2n) is 3.13. The molecule has 0 saturated carbocycles.